The molecule has 6 heteroatoms. The minimum absolute atomic E-state index is 0.201. The zero-order valence-electron chi connectivity index (χ0n) is 24.5. The van der Waals surface area contributed by atoms with Crippen LogP contribution in [0, 0.1) is 0 Å². The van der Waals surface area contributed by atoms with Gasteiger partial charge in [-0.3, -0.25) is 14.5 Å². The van der Waals surface area contributed by atoms with Crippen LogP contribution in [0.25, 0.3) is 6.08 Å². The van der Waals surface area contributed by atoms with Crippen LogP contribution in [-0.4, -0.2) is 79.4 Å². The normalized spacial score (nSPS) is 14.2. The Hall–Kier alpha value is -2.34. The van der Waals surface area contributed by atoms with Gasteiger partial charge in [-0.25, -0.2) is 0 Å². The number of hydrogen-bond acceptors (Lipinski definition) is 4. The number of carbonyl (C=O) groups excluding carboxylic acids is 2. The maximum atomic E-state index is 12.7. The maximum absolute atomic E-state index is 12.7. The lowest BCUT2D eigenvalue weighted by molar-refractivity contribution is -0.133. The van der Waals surface area contributed by atoms with Crippen LogP contribution >= 0.6 is 0 Å². The molecule has 0 atom stereocenters. The number of methoxy groups -OCH3 is 1. The van der Waals surface area contributed by atoms with Crippen molar-refractivity contribution in [3.05, 3.63) is 35.9 Å². The van der Waals surface area contributed by atoms with Crippen LogP contribution in [-0.2, 0) is 9.59 Å². The van der Waals surface area contributed by atoms with Gasteiger partial charge >= 0.3 is 0 Å². The van der Waals surface area contributed by atoms with Gasteiger partial charge in [0, 0.05) is 64.2 Å². The molecule has 0 saturated carbocycles. The molecule has 0 spiro atoms. The summed E-state index contributed by atoms with van der Waals surface area (Å²) in [6.07, 6.45) is 17.7. The zero-order chi connectivity index (χ0) is 27.4. The minimum atomic E-state index is 0.201. The van der Waals surface area contributed by atoms with Gasteiger partial charge in [0.25, 0.3) is 0 Å². The topological polar surface area (TPSA) is 53.1 Å². The fraction of sp³-hybridized carbons (Fsp3) is 0.688. The third kappa shape index (κ3) is 12.5. The van der Waals surface area contributed by atoms with Gasteiger partial charge in [-0.05, 0) is 18.9 Å². The molecule has 1 aromatic carbocycles. The number of carbonyl (C=O) groups is 2. The number of ether oxygens (including phenoxy) is 1. The van der Waals surface area contributed by atoms with Crippen molar-refractivity contribution in [1.29, 1.82) is 0 Å². The van der Waals surface area contributed by atoms with Crippen molar-refractivity contribution in [2.45, 2.75) is 90.9 Å². The van der Waals surface area contributed by atoms with Crippen molar-refractivity contribution >= 4 is 17.9 Å². The van der Waals surface area contributed by atoms with E-state index in [-0.39, 0.29) is 5.91 Å². The predicted molar refractivity (Wildman–Crippen MR) is 158 cm³/mol. The van der Waals surface area contributed by atoms with E-state index >= 15 is 0 Å². The Morgan fingerprint density at radius 3 is 2.18 bits per heavy atom. The number of para-hydroxylation sites is 1. The molecule has 1 saturated heterocycles. The number of benzene rings is 1. The Morgan fingerprint density at radius 1 is 0.868 bits per heavy atom. The van der Waals surface area contributed by atoms with Gasteiger partial charge in [0.2, 0.25) is 11.8 Å². The van der Waals surface area contributed by atoms with Gasteiger partial charge in [-0.1, -0.05) is 95.6 Å². The summed E-state index contributed by atoms with van der Waals surface area (Å²) in [6.45, 7) is 9.82. The lowest BCUT2D eigenvalue weighted by atomic mass is 10.1. The number of amides is 2. The van der Waals surface area contributed by atoms with Gasteiger partial charge in [-0.2, -0.15) is 0 Å². The summed E-state index contributed by atoms with van der Waals surface area (Å²) in [5.74, 6) is 1.35. The van der Waals surface area contributed by atoms with Gasteiger partial charge in [-0.15, -0.1) is 0 Å². The van der Waals surface area contributed by atoms with Crippen molar-refractivity contribution in [3.63, 3.8) is 0 Å². The van der Waals surface area contributed by atoms with Gasteiger partial charge in [0.05, 0.1) is 7.11 Å². The predicted octanol–water partition coefficient (Wildman–Crippen LogP) is 6.40. The van der Waals surface area contributed by atoms with Crippen molar-refractivity contribution in [1.82, 2.24) is 14.7 Å². The molecule has 0 aliphatic carbocycles. The summed E-state index contributed by atoms with van der Waals surface area (Å²) in [7, 11) is 1.67. The summed E-state index contributed by atoms with van der Waals surface area (Å²) in [5, 5.41) is 0. The first-order valence-electron chi connectivity index (χ1n) is 15.2. The summed E-state index contributed by atoms with van der Waals surface area (Å²) in [5.41, 5.74) is 1.01. The van der Waals surface area contributed by atoms with Gasteiger partial charge in [0.15, 0.2) is 0 Å². The molecular formula is C32H53N3O3. The molecule has 2 rings (SSSR count). The van der Waals surface area contributed by atoms with E-state index < -0.39 is 0 Å². The standard InChI is InChI=1S/C32H53N3O3/c1-4-6-7-8-9-10-11-12-13-21-32(37)35-27-24-33(25-28-35)23-26-34(31(36)17-5-2)22-16-19-29-18-14-15-20-30(29)38-3/h14-16,18-20H,4-13,17,21-28H2,1-3H3/b19-16+. The molecule has 1 heterocycles. The molecule has 1 aliphatic rings. The molecule has 0 bridgehead atoms. The first-order chi connectivity index (χ1) is 18.6. The molecule has 1 aromatic rings. The van der Waals surface area contributed by atoms with Crippen LogP contribution in [0.1, 0.15) is 96.5 Å². The fourth-order valence-electron chi connectivity index (χ4n) is 5.03. The highest BCUT2D eigenvalue weighted by molar-refractivity contribution is 5.77. The second-order valence-electron chi connectivity index (χ2n) is 10.5. The molecule has 1 aliphatic heterocycles. The molecule has 214 valence electrons. The van der Waals surface area contributed by atoms with E-state index in [1.54, 1.807) is 7.11 Å². The molecule has 2 amide bonds. The Balaban J connectivity index is 1.67. The molecule has 0 aromatic heterocycles. The summed E-state index contributed by atoms with van der Waals surface area (Å²) >= 11 is 0. The van der Waals surface area contributed by atoms with Gasteiger partial charge < -0.3 is 14.5 Å². The molecule has 1 fully saturated rings. The average molecular weight is 528 g/mol. The van der Waals surface area contributed by atoms with Crippen LogP contribution in [0.15, 0.2) is 30.3 Å². The van der Waals surface area contributed by atoms with Crippen molar-refractivity contribution in [3.8, 4) is 5.75 Å². The van der Waals surface area contributed by atoms with E-state index in [1.807, 2.05) is 47.1 Å². The number of hydrogen-bond donors (Lipinski definition) is 0. The average Bonchev–Trinajstić information content (AvgIpc) is 2.94. The van der Waals surface area contributed by atoms with Crippen LogP contribution < -0.4 is 4.74 Å². The summed E-state index contributed by atoms with van der Waals surface area (Å²) in [4.78, 5) is 31.8. The van der Waals surface area contributed by atoms with E-state index in [9.17, 15) is 9.59 Å². The zero-order valence-corrected chi connectivity index (χ0v) is 24.5. The number of nitrogens with zero attached hydrogens (tertiary/aromatic N) is 3. The fourth-order valence-corrected chi connectivity index (χ4v) is 5.03. The Morgan fingerprint density at radius 2 is 1.53 bits per heavy atom. The highest BCUT2D eigenvalue weighted by atomic mass is 16.5. The van der Waals surface area contributed by atoms with E-state index in [2.05, 4.69) is 17.9 Å². The largest absolute Gasteiger partial charge is 0.496 e. The molecule has 6 nitrogen and oxygen atoms in total. The van der Waals surface area contributed by atoms with E-state index in [0.717, 1.165) is 56.9 Å². The van der Waals surface area contributed by atoms with Crippen molar-refractivity contribution < 1.29 is 14.3 Å². The number of rotatable bonds is 19. The van der Waals surface area contributed by atoms with E-state index in [4.69, 9.17) is 4.74 Å². The van der Waals surface area contributed by atoms with Crippen molar-refractivity contribution in [2.75, 3.05) is 52.9 Å². The third-order valence-electron chi connectivity index (χ3n) is 7.48. The highest BCUT2D eigenvalue weighted by Gasteiger charge is 2.21. The van der Waals surface area contributed by atoms with Crippen LogP contribution in [0.2, 0.25) is 0 Å². The summed E-state index contributed by atoms with van der Waals surface area (Å²) < 4.78 is 5.43. The molecule has 0 N–H and O–H groups in total. The monoisotopic (exact) mass is 527 g/mol. The Labute approximate surface area is 232 Å². The maximum Gasteiger partial charge on any atom is 0.222 e. The second-order valence-corrected chi connectivity index (χ2v) is 10.5. The third-order valence-corrected chi connectivity index (χ3v) is 7.48. The SMILES string of the molecule is CCCCCCCCCCCC(=O)N1CCN(CCN(C/C=C/c2ccccc2OC)C(=O)CCC)CC1. The molecule has 38 heavy (non-hydrogen) atoms. The van der Waals surface area contributed by atoms with E-state index in [0.29, 0.717) is 31.8 Å². The highest BCUT2D eigenvalue weighted by Crippen LogP contribution is 2.19. The van der Waals surface area contributed by atoms with Crippen molar-refractivity contribution in [2.24, 2.45) is 0 Å². The number of unbranched alkanes of at least 4 members (excludes halogenated alkanes) is 8. The van der Waals surface area contributed by atoms with Crippen LogP contribution in [0.3, 0.4) is 0 Å². The first-order valence-corrected chi connectivity index (χ1v) is 15.2. The van der Waals surface area contributed by atoms with Crippen LogP contribution in [0.5, 0.6) is 5.75 Å². The van der Waals surface area contributed by atoms with Crippen LogP contribution in [0.4, 0.5) is 0 Å². The summed E-state index contributed by atoms with van der Waals surface area (Å²) in [6, 6.07) is 7.91. The molecule has 0 unspecified atom stereocenters. The van der Waals surface area contributed by atoms with Gasteiger partial charge in [0.1, 0.15) is 5.75 Å². The number of piperazine rings is 1. The molecular weight excluding hydrogens is 474 g/mol. The minimum Gasteiger partial charge on any atom is -0.496 e. The quantitative estimate of drug-likeness (QED) is 0.195. The van der Waals surface area contributed by atoms with E-state index in [1.165, 1.54) is 51.4 Å². The smallest absolute Gasteiger partial charge is 0.222 e. The Bertz CT molecular complexity index is 818. The Kier molecular flexibility index (Phi) is 16.5. The molecule has 0 radical (unpaired) electrons. The first kappa shape index (κ1) is 31.9. The lowest BCUT2D eigenvalue weighted by Gasteiger charge is -2.36. The lowest BCUT2D eigenvalue weighted by Crippen LogP contribution is -2.50. The second kappa shape index (κ2) is 19.7.